The molecule has 1 aliphatic heterocycles. The summed E-state index contributed by atoms with van der Waals surface area (Å²) < 4.78 is 5.64. The summed E-state index contributed by atoms with van der Waals surface area (Å²) in [6.45, 7) is 3.55. The van der Waals surface area contributed by atoms with Gasteiger partial charge in [-0.15, -0.1) is 0 Å². The molecule has 15 heavy (non-hydrogen) atoms. The molecule has 0 saturated carbocycles. The van der Waals surface area contributed by atoms with E-state index in [4.69, 9.17) is 4.74 Å². The second kappa shape index (κ2) is 5.08. The van der Waals surface area contributed by atoms with Gasteiger partial charge < -0.3 is 4.74 Å². The lowest BCUT2D eigenvalue weighted by Gasteiger charge is -2.07. The fraction of sp³-hybridized carbons (Fsp3) is 0.462. The van der Waals surface area contributed by atoms with E-state index < -0.39 is 0 Å². The van der Waals surface area contributed by atoms with Crippen LogP contribution in [0.25, 0.3) is 0 Å². The maximum atomic E-state index is 5.64. The standard InChI is InChI=1S/C13H17NO/c1-11-7-8-13(14-11)10-15-9-12-5-3-2-4-6-12/h2-6,13H,7-10H2,1H3/t13-/m0/s1. The van der Waals surface area contributed by atoms with Gasteiger partial charge >= 0.3 is 0 Å². The molecule has 0 N–H and O–H groups in total. The number of hydrogen-bond acceptors (Lipinski definition) is 2. The van der Waals surface area contributed by atoms with Crippen molar-refractivity contribution in [2.75, 3.05) is 6.61 Å². The summed E-state index contributed by atoms with van der Waals surface area (Å²) in [4.78, 5) is 4.51. The van der Waals surface area contributed by atoms with Gasteiger partial charge in [-0.1, -0.05) is 30.3 Å². The largest absolute Gasteiger partial charge is 0.375 e. The van der Waals surface area contributed by atoms with Gasteiger partial charge in [-0.3, -0.25) is 4.99 Å². The minimum atomic E-state index is 0.397. The monoisotopic (exact) mass is 203 g/mol. The Morgan fingerprint density at radius 2 is 2.13 bits per heavy atom. The molecule has 1 atom stereocenters. The Kier molecular flexibility index (Phi) is 3.51. The summed E-state index contributed by atoms with van der Waals surface area (Å²) in [6.07, 6.45) is 2.29. The normalized spacial score (nSPS) is 20.3. The highest BCUT2D eigenvalue weighted by Gasteiger charge is 2.14. The van der Waals surface area contributed by atoms with E-state index in [1.807, 2.05) is 18.2 Å². The SMILES string of the molecule is CC1=N[C@H](COCc2ccccc2)CC1. The van der Waals surface area contributed by atoms with Crippen molar-refractivity contribution in [2.45, 2.75) is 32.4 Å². The fourth-order valence-electron chi connectivity index (χ4n) is 1.82. The van der Waals surface area contributed by atoms with Crippen LogP contribution in [0.4, 0.5) is 0 Å². The lowest BCUT2D eigenvalue weighted by Crippen LogP contribution is -2.09. The average Bonchev–Trinajstić information content (AvgIpc) is 2.66. The zero-order valence-electron chi connectivity index (χ0n) is 9.15. The van der Waals surface area contributed by atoms with Crippen LogP contribution in [0.2, 0.25) is 0 Å². The Labute approximate surface area is 91.0 Å². The van der Waals surface area contributed by atoms with E-state index in [2.05, 4.69) is 24.0 Å². The summed E-state index contributed by atoms with van der Waals surface area (Å²) in [5.41, 5.74) is 2.50. The molecule has 1 aliphatic rings. The molecule has 0 radical (unpaired) electrons. The van der Waals surface area contributed by atoms with Crippen molar-refractivity contribution in [1.82, 2.24) is 0 Å². The van der Waals surface area contributed by atoms with E-state index in [1.165, 1.54) is 11.3 Å². The van der Waals surface area contributed by atoms with Gasteiger partial charge in [0.1, 0.15) is 0 Å². The Hall–Kier alpha value is -1.15. The number of nitrogens with zero attached hydrogens (tertiary/aromatic N) is 1. The van der Waals surface area contributed by atoms with Gasteiger partial charge in [-0.05, 0) is 25.3 Å². The summed E-state index contributed by atoms with van der Waals surface area (Å²) in [6, 6.07) is 10.7. The molecule has 0 aromatic heterocycles. The first-order chi connectivity index (χ1) is 7.34. The molecule has 1 aromatic rings. The van der Waals surface area contributed by atoms with Crippen molar-refractivity contribution >= 4 is 5.71 Å². The Morgan fingerprint density at radius 1 is 1.33 bits per heavy atom. The van der Waals surface area contributed by atoms with Crippen LogP contribution in [-0.4, -0.2) is 18.4 Å². The first-order valence-corrected chi connectivity index (χ1v) is 5.49. The van der Waals surface area contributed by atoms with Gasteiger partial charge in [0, 0.05) is 5.71 Å². The van der Waals surface area contributed by atoms with Crippen LogP contribution in [-0.2, 0) is 11.3 Å². The van der Waals surface area contributed by atoms with Gasteiger partial charge in [0.25, 0.3) is 0 Å². The lowest BCUT2D eigenvalue weighted by molar-refractivity contribution is 0.108. The third-order valence-corrected chi connectivity index (χ3v) is 2.66. The smallest absolute Gasteiger partial charge is 0.0736 e. The molecule has 0 saturated heterocycles. The molecule has 0 bridgehead atoms. The lowest BCUT2D eigenvalue weighted by atomic mass is 10.2. The van der Waals surface area contributed by atoms with Crippen LogP contribution in [0.3, 0.4) is 0 Å². The number of hydrogen-bond donors (Lipinski definition) is 0. The molecule has 0 aliphatic carbocycles. The predicted octanol–water partition coefficient (Wildman–Crippen LogP) is 2.83. The quantitative estimate of drug-likeness (QED) is 0.737. The van der Waals surface area contributed by atoms with Crippen LogP contribution in [0, 0.1) is 0 Å². The Morgan fingerprint density at radius 3 is 2.80 bits per heavy atom. The van der Waals surface area contributed by atoms with Gasteiger partial charge in [0.15, 0.2) is 0 Å². The van der Waals surface area contributed by atoms with Crippen molar-refractivity contribution in [2.24, 2.45) is 4.99 Å². The Balaban J connectivity index is 1.72. The molecular formula is C13H17NO. The van der Waals surface area contributed by atoms with E-state index in [1.54, 1.807) is 0 Å². The molecule has 0 spiro atoms. The summed E-state index contributed by atoms with van der Waals surface area (Å²) >= 11 is 0. The Bertz CT molecular complexity index is 332. The zero-order valence-corrected chi connectivity index (χ0v) is 9.15. The van der Waals surface area contributed by atoms with Gasteiger partial charge in [-0.2, -0.15) is 0 Å². The van der Waals surface area contributed by atoms with E-state index in [9.17, 15) is 0 Å². The highest BCUT2D eigenvalue weighted by Crippen LogP contribution is 2.13. The molecule has 0 amide bonds. The van der Waals surface area contributed by atoms with Gasteiger partial charge in [0.05, 0.1) is 19.3 Å². The number of benzene rings is 1. The molecule has 2 heteroatoms. The highest BCUT2D eigenvalue weighted by molar-refractivity contribution is 5.83. The van der Waals surface area contributed by atoms with E-state index >= 15 is 0 Å². The van der Waals surface area contributed by atoms with Crippen LogP contribution in [0.5, 0.6) is 0 Å². The summed E-state index contributed by atoms with van der Waals surface area (Å²) in [5.74, 6) is 0. The molecule has 1 heterocycles. The fourth-order valence-corrected chi connectivity index (χ4v) is 1.82. The van der Waals surface area contributed by atoms with Crippen LogP contribution in [0.1, 0.15) is 25.3 Å². The summed E-state index contributed by atoms with van der Waals surface area (Å²) in [5, 5.41) is 0. The topological polar surface area (TPSA) is 21.6 Å². The van der Waals surface area contributed by atoms with Gasteiger partial charge in [-0.25, -0.2) is 0 Å². The van der Waals surface area contributed by atoms with Gasteiger partial charge in [0.2, 0.25) is 0 Å². The highest BCUT2D eigenvalue weighted by atomic mass is 16.5. The molecule has 1 aromatic carbocycles. The molecular weight excluding hydrogens is 186 g/mol. The van der Waals surface area contributed by atoms with Crippen molar-refractivity contribution in [3.63, 3.8) is 0 Å². The molecule has 2 rings (SSSR count). The van der Waals surface area contributed by atoms with Crippen molar-refractivity contribution in [3.8, 4) is 0 Å². The maximum absolute atomic E-state index is 5.64. The van der Waals surface area contributed by atoms with Crippen molar-refractivity contribution < 1.29 is 4.74 Å². The number of aliphatic imine (C=N–C) groups is 1. The molecule has 80 valence electrons. The third-order valence-electron chi connectivity index (χ3n) is 2.66. The zero-order chi connectivity index (χ0) is 10.5. The molecule has 0 fully saturated rings. The molecule has 0 unspecified atom stereocenters. The minimum absolute atomic E-state index is 0.397. The first kappa shape index (κ1) is 10.4. The van der Waals surface area contributed by atoms with E-state index in [0.717, 1.165) is 19.4 Å². The van der Waals surface area contributed by atoms with E-state index in [-0.39, 0.29) is 0 Å². The minimum Gasteiger partial charge on any atom is -0.375 e. The van der Waals surface area contributed by atoms with Crippen molar-refractivity contribution in [1.29, 1.82) is 0 Å². The van der Waals surface area contributed by atoms with E-state index in [0.29, 0.717) is 12.6 Å². The number of rotatable bonds is 4. The summed E-state index contributed by atoms with van der Waals surface area (Å²) in [7, 11) is 0. The van der Waals surface area contributed by atoms with Crippen LogP contribution in [0.15, 0.2) is 35.3 Å². The predicted molar refractivity (Wildman–Crippen MR) is 62.2 cm³/mol. The van der Waals surface area contributed by atoms with Crippen LogP contribution >= 0.6 is 0 Å². The second-order valence-corrected chi connectivity index (χ2v) is 4.06. The third kappa shape index (κ3) is 3.17. The second-order valence-electron chi connectivity index (χ2n) is 4.06. The van der Waals surface area contributed by atoms with Crippen molar-refractivity contribution in [3.05, 3.63) is 35.9 Å². The first-order valence-electron chi connectivity index (χ1n) is 5.49. The average molecular weight is 203 g/mol. The molecule has 2 nitrogen and oxygen atoms in total. The maximum Gasteiger partial charge on any atom is 0.0736 e. The number of ether oxygens (including phenoxy) is 1. The van der Waals surface area contributed by atoms with Crippen LogP contribution < -0.4 is 0 Å².